The van der Waals surface area contributed by atoms with Gasteiger partial charge in [0.15, 0.2) is 11.5 Å². The maximum atomic E-state index is 12.4. The SMILES string of the molecule is CCOP(=O)(Cc1cc(CO)oc1C(C)=O)OCC. The zero-order valence-corrected chi connectivity index (χ0v) is 12.2. The van der Waals surface area contributed by atoms with Gasteiger partial charge in [0, 0.05) is 12.5 Å². The summed E-state index contributed by atoms with van der Waals surface area (Å²) < 4.78 is 27.9. The fourth-order valence-electron chi connectivity index (χ4n) is 1.71. The highest BCUT2D eigenvalue weighted by molar-refractivity contribution is 7.53. The number of furan rings is 1. The van der Waals surface area contributed by atoms with Crippen molar-refractivity contribution in [2.24, 2.45) is 0 Å². The standard InChI is InChI=1S/C12H19O6P/c1-4-16-19(15,17-5-2)8-10-6-11(7-13)18-12(10)9(3)14/h6,13H,4-5,7-8H2,1-3H3. The van der Waals surface area contributed by atoms with Crippen LogP contribution in [0.4, 0.5) is 0 Å². The Kier molecular flexibility index (Phi) is 5.94. The third-order valence-electron chi connectivity index (χ3n) is 2.35. The van der Waals surface area contributed by atoms with Crippen molar-refractivity contribution in [1.82, 2.24) is 0 Å². The highest BCUT2D eigenvalue weighted by Gasteiger charge is 2.28. The smallest absolute Gasteiger partial charge is 0.335 e. The Hall–Kier alpha value is -0.940. The summed E-state index contributed by atoms with van der Waals surface area (Å²) in [5, 5.41) is 9.03. The van der Waals surface area contributed by atoms with E-state index in [0.29, 0.717) is 5.56 Å². The Morgan fingerprint density at radius 1 is 1.37 bits per heavy atom. The summed E-state index contributed by atoms with van der Waals surface area (Å²) >= 11 is 0. The van der Waals surface area contributed by atoms with E-state index in [-0.39, 0.29) is 43.3 Å². The minimum Gasteiger partial charge on any atom is -0.455 e. The molecule has 1 rings (SSSR count). The van der Waals surface area contributed by atoms with Gasteiger partial charge in [0.25, 0.3) is 0 Å². The highest BCUT2D eigenvalue weighted by Crippen LogP contribution is 2.52. The van der Waals surface area contributed by atoms with Gasteiger partial charge in [0.2, 0.25) is 0 Å². The zero-order valence-electron chi connectivity index (χ0n) is 11.3. The van der Waals surface area contributed by atoms with Gasteiger partial charge in [0.05, 0.1) is 19.4 Å². The van der Waals surface area contributed by atoms with Crippen LogP contribution in [0.5, 0.6) is 0 Å². The normalized spacial score (nSPS) is 11.8. The first-order valence-electron chi connectivity index (χ1n) is 6.07. The van der Waals surface area contributed by atoms with Crippen LogP contribution in [-0.2, 0) is 26.4 Å². The minimum atomic E-state index is -3.30. The molecule has 0 radical (unpaired) electrons. The summed E-state index contributed by atoms with van der Waals surface area (Å²) in [6.07, 6.45) is -0.0485. The molecule has 19 heavy (non-hydrogen) atoms. The molecule has 0 spiro atoms. The predicted molar refractivity (Wildman–Crippen MR) is 69.2 cm³/mol. The molecule has 0 bridgehead atoms. The molecule has 0 aliphatic carbocycles. The Morgan fingerprint density at radius 2 is 1.95 bits per heavy atom. The van der Waals surface area contributed by atoms with Crippen molar-refractivity contribution in [2.75, 3.05) is 13.2 Å². The van der Waals surface area contributed by atoms with Gasteiger partial charge in [-0.15, -0.1) is 0 Å². The molecule has 0 aromatic carbocycles. The average molecular weight is 290 g/mol. The molecule has 1 N–H and O–H groups in total. The van der Waals surface area contributed by atoms with Gasteiger partial charge in [-0.2, -0.15) is 0 Å². The lowest BCUT2D eigenvalue weighted by atomic mass is 10.2. The second-order valence-electron chi connectivity index (χ2n) is 3.89. The van der Waals surface area contributed by atoms with Crippen molar-refractivity contribution in [3.05, 3.63) is 23.2 Å². The van der Waals surface area contributed by atoms with Crippen LogP contribution in [0, 0.1) is 0 Å². The molecule has 0 unspecified atom stereocenters. The van der Waals surface area contributed by atoms with E-state index in [1.807, 2.05) is 0 Å². The van der Waals surface area contributed by atoms with Crippen molar-refractivity contribution in [2.45, 2.75) is 33.5 Å². The zero-order chi connectivity index (χ0) is 14.5. The molecule has 7 heteroatoms. The number of aliphatic hydroxyl groups is 1. The van der Waals surface area contributed by atoms with Crippen LogP contribution in [0.25, 0.3) is 0 Å². The fourth-order valence-corrected chi connectivity index (χ4v) is 3.41. The Morgan fingerprint density at radius 3 is 2.37 bits per heavy atom. The van der Waals surface area contributed by atoms with Crippen molar-refractivity contribution in [3.8, 4) is 0 Å². The molecule has 0 saturated heterocycles. The van der Waals surface area contributed by atoms with Gasteiger partial charge in [0.1, 0.15) is 12.4 Å². The van der Waals surface area contributed by atoms with Crippen molar-refractivity contribution < 1.29 is 27.9 Å². The highest BCUT2D eigenvalue weighted by atomic mass is 31.2. The topological polar surface area (TPSA) is 86.0 Å². The lowest BCUT2D eigenvalue weighted by Gasteiger charge is -2.16. The number of ketones is 1. The molecular formula is C12H19O6P. The van der Waals surface area contributed by atoms with Crippen LogP contribution in [0.3, 0.4) is 0 Å². The maximum Gasteiger partial charge on any atom is 0.335 e. The van der Waals surface area contributed by atoms with Gasteiger partial charge in [-0.05, 0) is 19.9 Å². The second kappa shape index (κ2) is 7.01. The summed E-state index contributed by atoms with van der Waals surface area (Å²) in [5.41, 5.74) is 0.432. The maximum absolute atomic E-state index is 12.4. The quantitative estimate of drug-likeness (QED) is 0.585. The number of hydrogen-bond donors (Lipinski definition) is 1. The molecule has 0 amide bonds. The Balaban J connectivity index is 3.04. The number of Topliss-reactive ketones (excluding diaryl/α,β-unsaturated/α-hetero) is 1. The number of aliphatic hydroxyl groups excluding tert-OH is 1. The fraction of sp³-hybridized carbons (Fsp3) is 0.583. The van der Waals surface area contributed by atoms with Gasteiger partial charge in [-0.3, -0.25) is 9.36 Å². The van der Waals surface area contributed by atoms with Crippen LogP contribution in [-0.4, -0.2) is 24.1 Å². The van der Waals surface area contributed by atoms with E-state index < -0.39 is 7.60 Å². The minimum absolute atomic E-state index is 0.0485. The molecule has 108 valence electrons. The second-order valence-corrected chi connectivity index (χ2v) is 5.94. The summed E-state index contributed by atoms with van der Waals surface area (Å²) in [6.45, 7) is 4.94. The van der Waals surface area contributed by atoms with Crippen LogP contribution >= 0.6 is 7.60 Å². The van der Waals surface area contributed by atoms with E-state index >= 15 is 0 Å². The molecular weight excluding hydrogens is 271 g/mol. The van der Waals surface area contributed by atoms with Crippen molar-refractivity contribution >= 4 is 13.4 Å². The number of hydrogen-bond acceptors (Lipinski definition) is 6. The monoisotopic (exact) mass is 290 g/mol. The number of carbonyl (C=O) groups excluding carboxylic acids is 1. The van der Waals surface area contributed by atoms with Crippen molar-refractivity contribution in [3.63, 3.8) is 0 Å². The van der Waals surface area contributed by atoms with Crippen LogP contribution < -0.4 is 0 Å². The average Bonchev–Trinajstić information content (AvgIpc) is 2.72. The predicted octanol–water partition coefficient (Wildman–Crippen LogP) is 2.74. The number of rotatable bonds is 8. The molecule has 1 aromatic rings. The first-order valence-corrected chi connectivity index (χ1v) is 7.80. The summed E-state index contributed by atoms with van der Waals surface area (Å²) in [7, 11) is -3.30. The van der Waals surface area contributed by atoms with E-state index in [9.17, 15) is 9.36 Å². The van der Waals surface area contributed by atoms with Gasteiger partial charge in [-0.1, -0.05) is 0 Å². The van der Waals surface area contributed by atoms with Crippen molar-refractivity contribution in [1.29, 1.82) is 0 Å². The third kappa shape index (κ3) is 4.28. The molecule has 1 heterocycles. The first-order chi connectivity index (χ1) is 8.95. The lowest BCUT2D eigenvalue weighted by molar-refractivity contribution is 0.0981. The molecule has 0 fully saturated rings. The van der Waals surface area contributed by atoms with E-state index in [1.165, 1.54) is 13.0 Å². The van der Waals surface area contributed by atoms with Gasteiger partial charge < -0.3 is 18.6 Å². The van der Waals surface area contributed by atoms with E-state index in [4.69, 9.17) is 18.6 Å². The largest absolute Gasteiger partial charge is 0.455 e. The molecule has 0 aliphatic rings. The summed E-state index contributed by atoms with van der Waals surface area (Å²) in [4.78, 5) is 11.5. The molecule has 0 atom stereocenters. The van der Waals surface area contributed by atoms with E-state index in [1.54, 1.807) is 13.8 Å². The van der Waals surface area contributed by atoms with Gasteiger partial charge >= 0.3 is 7.60 Å². The summed E-state index contributed by atoms with van der Waals surface area (Å²) in [6, 6.07) is 1.50. The van der Waals surface area contributed by atoms with E-state index in [2.05, 4.69) is 0 Å². The summed E-state index contributed by atoms with van der Waals surface area (Å²) in [5.74, 6) is 0.0395. The Labute approximate surface area is 112 Å². The van der Waals surface area contributed by atoms with Gasteiger partial charge in [-0.25, -0.2) is 0 Å². The van der Waals surface area contributed by atoms with E-state index in [0.717, 1.165) is 0 Å². The number of carbonyl (C=O) groups is 1. The first kappa shape index (κ1) is 16.1. The lowest BCUT2D eigenvalue weighted by Crippen LogP contribution is -2.01. The van der Waals surface area contributed by atoms with Crippen LogP contribution in [0.15, 0.2) is 10.5 Å². The molecule has 0 aliphatic heterocycles. The van der Waals surface area contributed by atoms with Crippen LogP contribution in [0.1, 0.15) is 42.6 Å². The third-order valence-corrected chi connectivity index (χ3v) is 4.38. The molecule has 6 nitrogen and oxygen atoms in total. The Bertz CT molecular complexity index is 469. The molecule has 0 saturated carbocycles. The molecule has 1 aromatic heterocycles. The van der Waals surface area contributed by atoms with Crippen LogP contribution in [0.2, 0.25) is 0 Å².